The number of likely N-dealkylation sites (tertiary alicyclic amines) is 1. The van der Waals surface area contributed by atoms with Gasteiger partial charge in [0.2, 0.25) is 11.8 Å². The number of carbonyl (C=O) groups excluding carboxylic acids is 1. The van der Waals surface area contributed by atoms with Crippen LogP contribution in [0.25, 0.3) is 0 Å². The fourth-order valence-electron chi connectivity index (χ4n) is 3.74. The molecule has 0 radical (unpaired) electrons. The van der Waals surface area contributed by atoms with Gasteiger partial charge in [-0.1, -0.05) is 23.4 Å². The Morgan fingerprint density at radius 3 is 2.96 bits per heavy atom. The number of para-hydroxylation sites is 1. The predicted octanol–water partition coefficient (Wildman–Crippen LogP) is 2.79. The van der Waals surface area contributed by atoms with E-state index in [1.807, 2.05) is 29.2 Å². The zero-order chi connectivity index (χ0) is 16.1. The van der Waals surface area contributed by atoms with Gasteiger partial charge in [-0.25, -0.2) is 0 Å². The van der Waals surface area contributed by atoms with Crippen molar-refractivity contribution >= 4 is 5.91 Å². The maximum absolute atomic E-state index is 13.1. The zero-order valence-corrected chi connectivity index (χ0v) is 13.4. The molecule has 0 spiro atoms. The van der Waals surface area contributed by atoms with Crippen LogP contribution in [0.5, 0.6) is 5.75 Å². The lowest BCUT2D eigenvalue weighted by Crippen LogP contribution is -2.35. The number of fused-ring (bicyclic) bond motifs is 1. The third kappa shape index (κ3) is 2.20. The highest BCUT2D eigenvalue weighted by atomic mass is 16.5. The average Bonchev–Trinajstić information content (AvgIpc) is 3.06. The summed E-state index contributed by atoms with van der Waals surface area (Å²) in [5.41, 5.74) is 0.986. The Labute approximate surface area is 139 Å². The van der Waals surface area contributed by atoms with E-state index >= 15 is 0 Å². The minimum Gasteiger partial charge on any atom is -0.492 e. The van der Waals surface area contributed by atoms with Gasteiger partial charge in [-0.3, -0.25) is 4.79 Å². The van der Waals surface area contributed by atoms with E-state index in [4.69, 9.17) is 9.26 Å². The maximum Gasteiger partial charge on any atom is 0.234 e. The molecule has 3 heterocycles. The van der Waals surface area contributed by atoms with Crippen LogP contribution in [-0.4, -0.2) is 34.1 Å². The summed E-state index contributed by atoms with van der Waals surface area (Å²) >= 11 is 0. The van der Waals surface area contributed by atoms with E-state index in [9.17, 15) is 4.79 Å². The number of hydrogen-bond acceptors (Lipinski definition) is 5. The van der Waals surface area contributed by atoms with Crippen molar-refractivity contribution in [3.8, 4) is 5.75 Å². The summed E-state index contributed by atoms with van der Waals surface area (Å²) in [7, 11) is 0. The molecule has 1 aromatic heterocycles. The van der Waals surface area contributed by atoms with Crippen LogP contribution in [0.1, 0.15) is 60.8 Å². The Bertz CT molecular complexity index is 783. The van der Waals surface area contributed by atoms with E-state index in [-0.39, 0.29) is 17.9 Å². The van der Waals surface area contributed by atoms with Crippen LogP contribution in [0.15, 0.2) is 28.8 Å². The highest BCUT2D eigenvalue weighted by Gasteiger charge is 2.40. The fourth-order valence-corrected chi connectivity index (χ4v) is 3.74. The SMILES string of the molecule is O=C(C1COc2ccccc21)N1CCCC1c1noc(C2CC2)n1. The molecule has 1 saturated carbocycles. The molecule has 1 aromatic carbocycles. The van der Waals surface area contributed by atoms with Crippen molar-refractivity contribution in [2.75, 3.05) is 13.2 Å². The number of nitrogens with zero attached hydrogens (tertiary/aromatic N) is 3. The van der Waals surface area contributed by atoms with Crippen LogP contribution < -0.4 is 4.74 Å². The molecule has 6 heteroatoms. The van der Waals surface area contributed by atoms with Crippen molar-refractivity contribution in [2.45, 2.75) is 43.6 Å². The van der Waals surface area contributed by atoms with Gasteiger partial charge in [-0.2, -0.15) is 4.98 Å². The molecule has 24 heavy (non-hydrogen) atoms. The number of benzene rings is 1. The van der Waals surface area contributed by atoms with Gasteiger partial charge in [0.15, 0.2) is 5.82 Å². The zero-order valence-electron chi connectivity index (χ0n) is 13.4. The summed E-state index contributed by atoms with van der Waals surface area (Å²) < 4.78 is 11.1. The smallest absolute Gasteiger partial charge is 0.234 e. The summed E-state index contributed by atoms with van der Waals surface area (Å²) in [6.45, 7) is 1.16. The Kier molecular flexibility index (Phi) is 3.11. The summed E-state index contributed by atoms with van der Waals surface area (Å²) in [5.74, 6) is 2.54. The third-order valence-electron chi connectivity index (χ3n) is 5.22. The van der Waals surface area contributed by atoms with Crippen molar-refractivity contribution < 1.29 is 14.1 Å². The highest BCUT2D eigenvalue weighted by Crippen LogP contribution is 2.41. The lowest BCUT2D eigenvalue weighted by atomic mass is 9.99. The lowest BCUT2D eigenvalue weighted by Gasteiger charge is -2.25. The van der Waals surface area contributed by atoms with E-state index in [2.05, 4.69) is 10.1 Å². The number of aromatic nitrogens is 2. The molecule has 124 valence electrons. The van der Waals surface area contributed by atoms with Gasteiger partial charge in [0, 0.05) is 18.0 Å². The molecule has 2 unspecified atom stereocenters. The normalized spacial score (nSPS) is 25.6. The molecular weight excluding hydrogens is 306 g/mol. The molecule has 2 atom stereocenters. The van der Waals surface area contributed by atoms with Crippen molar-refractivity contribution in [2.24, 2.45) is 0 Å². The van der Waals surface area contributed by atoms with E-state index < -0.39 is 0 Å². The second kappa shape index (κ2) is 5.33. The molecule has 1 amide bonds. The predicted molar refractivity (Wildman–Crippen MR) is 84.6 cm³/mol. The maximum atomic E-state index is 13.1. The molecule has 3 aliphatic rings. The summed E-state index contributed by atoms with van der Waals surface area (Å²) in [6, 6.07) is 7.72. The molecule has 2 aliphatic heterocycles. The number of carbonyl (C=O) groups is 1. The van der Waals surface area contributed by atoms with E-state index in [0.29, 0.717) is 18.3 Å². The number of amides is 1. The molecule has 0 N–H and O–H groups in total. The van der Waals surface area contributed by atoms with Gasteiger partial charge < -0.3 is 14.2 Å². The Morgan fingerprint density at radius 1 is 1.21 bits per heavy atom. The molecule has 0 bridgehead atoms. The summed E-state index contributed by atoms with van der Waals surface area (Å²) in [5, 5.41) is 4.15. The molecular formula is C18H19N3O3. The molecule has 5 rings (SSSR count). The summed E-state index contributed by atoms with van der Waals surface area (Å²) in [6.07, 6.45) is 4.12. The first-order valence-electron chi connectivity index (χ1n) is 8.67. The van der Waals surface area contributed by atoms with Gasteiger partial charge in [-0.05, 0) is 31.7 Å². The third-order valence-corrected chi connectivity index (χ3v) is 5.22. The van der Waals surface area contributed by atoms with Crippen molar-refractivity contribution in [1.29, 1.82) is 0 Å². The van der Waals surface area contributed by atoms with Crippen molar-refractivity contribution in [3.05, 3.63) is 41.5 Å². The number of ether oxygens (including phenoxy) is 1. The number of hydrogen-bond donors (Lipinski definition) is 0. The van der Waals surface area contributed by atoms with Gasteiger partial charge >= 0.3 is 0 Å². The minimum atomic E-state index is -0.225. The van der Waals surface area contributed by atoms with Crippen LogP contribution in [0.4, 0.5) is 0 Å². The second-order valence-corrected chi connectivity index (χ2v) is 6.86. The second-order valence-electron chi connectivity index (χ2n) is 6.86. The van der Waals surface area contributed by atoms with E-state index in [1.54, 1.807) is 0 Å². The minimum absolute atomic E-state index is 0.0680. The highest BCUT2D eigenvalue weighted by molar-refractivity contribution is 5.86. The Morgan fingerprint density at radius 2 is 2.08 bits per heavy atom. The molecule has 6 nitrogen and oxygen atoms in total. The summed E-state index contributed by atoms with van der Waals surface area (Å²) in [4.78, 5) is 19.6. The number of rotatable bonds is 3. The lowest BCUT2D eigenvalue weighted by molar-refractivity contribution is -0.134. The molecule has 2 aromatic rings. The van der Waals surface area contributed by atoms with Crippen LogP contribution in [0.2, 0.25) is 0 Å². The van der Waals surface area contributed by atoms with Crippen molar-refractivity contribution in [3.63, 3.8) is 0 Å². The Balaban J connectivity index is 1.40. The van der Waals surface area contributed by atoms with E-state index in [0.717, 1.165) is 49.4 Å². The monoisotopic (exact) mass is 325 g/mol. The molecule has 1 aliphatic carbocycles. The van der Waals surface area contributed by atoms with Gasteiger partial charge in [0.1, 0.15) is 18.3 Å². The van der Waals surface area contributed by atoms with Gasteiger partial charge in [-0.15, -0.1) is 0 Å². The van der Waals surface area contributed by atoms with Crippen molar-refractivity contribution in [1.82, 2.24) is 15.0 Å². The first kappa shape index (κ1) is 14.0. The molecule has 1 saturated heterocycles. The topological polar surface area (TPSA) is 68.5 Å². The van der Waals surface area contributed by atoms with Gasteiger partial charge in [0.25, 0.3) is 0 Å². The standard InChI is InChI=1S/C18H19N3O3/c22-18(13-10-23-15-6-2-1-4-12(13)15)21-9-3-5-14(21)16-19-17(24-20-16)11-7-8-11/h1-2,4,6,11,13-14H,3,5,7-10H2. The first-order chi connectivity index (χ1) is 11.8. The first-order valence-corrected chi connectivity index (χ1v) is 8.67. The van der Waals surface area contributed by atoms with Crippen LogP contribution in [0.3, 0.4) is 0 Å². The fraction of sp³-hybridized carbons (Fsp3) is 0.500. The van der Waals surface area contributed by atoms with Gasteiger partial charge in [0.05, 0.1) is 6.04 Å². The van der Waals surface area contributed by atoms with Crippen LogP contribution in [-0.2, 0) is 4.79 Å². The average molecular weight is 325 g/mol. The molecule has 2 fully saturated rings. The van der Waals surface area contributed by atoms with Crippen LogP contribution in [0, 0.1) is 0 Å². The Hall–Kier alpha value is -2.37. The largest absolute Gasteiger partial charge is 0.492 e. The van der Waals surface area contributed by atoms with Crippen LogP contribution >= 0.6 is 0 Å². The quantitative estimate of drug-likeness (QED) is 0.868. The van der Waals surface area contributed by atoms with E-state index in [1.165, 1.54) is 0 Å².